The molecule has 0 aromatic carbocycles. The second kappa shape index (κ2) is 6.31. The van der Waals surface area contributed by atoms with E-state index in [9.17, 15) is 4.79 Å². The number of amides is 1. The minimum absolute atomic E-state index is 0.00897. The summed E-state index contributed by atoms with van der Waals surface area (Å²) in [5.74, 6) is 1.24. The van der Waals surface area contributed by atoms with E-state index in [1.807, 2.05) is 34.7 Å². The minimum atomic E-state index is -0.0399. The topological polar surface area (TPSA) is 76.5 Å². The van der Waals surface area contributed by atoms with Gasteiger partial charge in [-0.1, -0.05) is 12.1 Å². The Bertz CT molecular complexity index is 913. The first kappa shape index (κ1) is 15.8. The maximum atomic E-state index is 13.2. The highest BCUT2D eigenvalue weighted by molar-refractivity contribution is 5.96. The molecule has 7 nitrogen and oxygen atoms in total. The average molecular weight is 339 g/mol. The van der Waals surface area contributed by atoms with E-state index >= 15 is 0 Å². The molecule has 25 heavy (non-hydrogen) atoms. The summed E-state index contributed by atoms with van der Waals surface area (Å²) < 4.78 is 7.13. The van der Waals surface area contributed by atoms with Gasteiger partial charge in [-0.2, -0.15) is 0 Å². The van der Waals surface area contributed by atoms with Gasteiger partial charge in [0.05, 0.1) is 17.4 Å². The Labute approximate surface area is 145 Å². The fourth-order valence-electron chi connectivity index (χ4n) is 3.56. The van der Waals surface area contributed by atoms with Gasteiger partial charge in [-0.3, -0.25) is 9.20 Å². The molecule has 1 saturated heterocycles. The predicted molar refractivity (Wildman–Crippen MR) is 91.2 cm³/mol. The second-order valence-corrected chi connectivity index (χ2v) is 6.41. The van der Waals surface area contributed by atoms with Crippen molar-refractivity contribution < 1.29 is 9.32 Å². The van der Waals surface area contributed by atoms with Gasteiger partial charge in [0.15, 0.2) is 0 Å². The van der Waals surface area contributed by atoms with Gasteiger partial charge in [0.25, 0.3) is 5.91 Å². The number of carbonyl (C=O) groups excluding carboxylic acids is 1. The Morgan fingerprint density at radius 1 is 1.36 bits per heavy atom. The lowest BCUT2D eigenvalue weighted by molar-refractivity contribution is 0.0603. The van der Waals surface area contributed by atoms with E-state index in [2.05, 4.69) is 15.1 Å². The molecule has 130 valence electrons. The van der Waals surface area contributed by atoms with Crippen LogP contribution in [-0.2, 0) is 6.42 Å². The van der Waals surface area contributed by atoms with Crippen molar-refractivity contribution in [3.05, 3.63) is 47.4 Å². The number of hydrogen-bond acceptors (Lipinski definition) is 5. The van der Waals surface area contributed by atoms with Crippen molar-refractivity contribution in [1.29, 1.82) is 0 Å². The standard InChI is InChI=1S/C18H21N5O2/c1-3-13-16(12(2)25-21-13)17(24)23-9-5-4-6-15(23)14-7-10-22-11-8-19-18(22)20-14/h7-8,10-11,15H,3-6,9H2,1-2H3. The molecule has 0 aliphatic carbocycles. The largest absolute Gasteiger partial charge is 0.361 e. The highest BCUT2D eigenvalue weighted by atomic mass is 16.5. The lowest BCUT2D eigenvalue weighted by atomic mass is 9.97. The number of aromatic nitrogens is 4. The van der Waals surface area contributed by atoms with E-state index < -0.39 is 0 Å². The number of piperidine rings is 1. The first-order valence-corrected chi connectivity index (χ1v) is 8.74. The fourth-order valence-corrected chi connectivity index (χ4v) is 3.56. The second-order valence-electron chi connectivity index (χ2n) is 6.41. The molecule has 1 unspecified atom stereocenters. The molecule has 0 radical (unpaired) electrons. The highest BCUT2D eigenvalue weighted by Crippen LogP contribution is 2.32. The van der Waals surface area contributed by atoms with Gasteiger partial charge in [0, 0.05) is 25.1 Å². The van der Waals surface area contributed by atoms with Crippen LogP contribution in [0.25, 0.3) is 5.78 Å². The molecule has 4 heterocycles. The van der Waals surface area contributed by atoms with E-state index in [-0.39, 0.29) is 11.9 Å². The molecule has 0 saturated carbocycles. The molecule has 0 spiro atoms. The lowest BCUT2D eigenvalue weighted by Crippen LogP contribution is -2.39. The van der Waals surface area contributed by atoms with Gasteiger partial charge in [-0.15, -0.1) is 0 Å². The summed E-state index contributed by atoms with van der Waals surface area (Å²) in [5.41, 5.74) is 2.22. The van der Waals surface area contributed by atoms with E-state index in [0.29, 0.717) is 23.5 Å². The summed E-state index contributed by atoms with van der Waals surface area (Å²) in [7, 11) is 0. The van der Waals surface area contributed by atoms with Crippen LogP contribution in [0.15, 0.2) is 29.2 Å². The maximum absolute atomic E-state index is 13.2. The Morgan fingerprint density at radius 2 is 2.24 bits per heavy atom. The van der Waals surface area contributed by atoms with E-state index in [1.165, 1.54) is 0 Å². The molecule has 1 aliphatic heterocycles. The SMILES string of the molecule is CCc1noc(C)c1C(=O)N1CCCCC1c1ccn2ccnc2n1. The van der Waals surface area contributed by atoms with Crippen LogP contribution in [0.4, 0.5) is 0 Å². The van der Waals surface area contributed by atoms with Crippen LogP contribution in [0.3, 0.4) is 0 Å². The van der Waals surface area contributed by atoms with Crippen molar-refractivity contribution in [2.75, 3.05) is 6.54 Å². The Hall–Kier alpha value is -2.70. The number of fused-ring (bicyclic) bond motifs is 1. The first-order chi connectivity index (χ1) is 12.2. The molecule has 4 rings (SSSR count). The lowest BCUT2D eigenvalue weighted by Gasteiger charge is -2.35. The van der Waals surface area contributed by atoms with Crippen LogP contribution >= 0.6 is 0 Å². The third-order valence-electron chi connectivity index (χ3n) is 4.87. The molecule has 3 aromatic rings. The third-order valence-corrected chi connectivity index (χ3v) is 4.87. The molecule has 1 fully saturated rings. The van der Waals surface area contributed by atoms with Crippen molar-refractivity contribution in [3.8, 4) is 0 Å². The Kier molecular flexibility index (Phi) is 3.99. The summed E-state index contributed by atoms with van der Waals surface area (Å²) in [6, 6.07) is 1.94. The van der Waals surface area contributed by atoms with Crippen molar-refractivity contribution >= 4 is 11.7 Å². The third kappa shape index (κ3) is 2.69. The summed E-state index contributed by atoms with van der Waals surface area (Å²) in [5, 5.41) is 4.03. The first-order valence-electron chi connectivity index (χ1n) is 8.74. The number of carbonyl (C=O) groups is 1. The van der Waals surface area contributed by atoms with Gasteiger partial charge < -0.3 is 9.42 Å². The zero-order valence-electron chi connectivity index (χ0n) is 14.5. The van der Waals surface area contributed by atoms with Crippen molar-refractivity contribution in [2.45, 2.75) is 45.6 Å². The summed E-state index contributed by atoms with van der Waals surface area (Å²) >= 11 is 0. The van der Waals surface area contributed by atoms with Crippen LogP contribution < -0.4 is 0 Å². The minimum Gasteiger partial charge on any atom is -0.361 e. The highest BCUT2D eigenvalue weighted by Gasteiger charge is 2.33. The van der Waals surface area contributed by atoms with Crippen LogP contribution in [0.5, 0.6) is 0 Å². The smallest absolute Gasteiger partial charge is 0.259 e. The van der Waals surface area contributed by atoms with Gasteiger partial charge in [0.2, 0.25) is 5.78 Å². The maximum Gasteiger partial charge on any atom is 0.259 e. The van der Waals surface area contributed by atoms with Crippen LogP contribution in [-0.4, -0.2) is 36.9 Å². The zero-order valence-corrected chi connectivity index (χ0v) is 14.5. The summed E-state index contributed by atoms with van der Waals surface area (Å²) in [6.45, 7) is 4.50. The average Bonchev–Trinajstić information content (AvgIpc) is 3.26. The monoisotopic (exact) mass is 339 g/mol. The number of hydrogen-bond donors (Lipinski definition) is 0. The van der Waals surface area contributed by atoms with Crippen molar-refractivity contribution in [1.82, 2.24) is 24.4 Å². The van der Waals surface area contributed by atoms with Crippen molar-refractivity contribution in [3.63, 3.8) is 0 Å². The van der Waals surface area contributed by atoms with Gasteiger partial charge in [-0.05, 0) is 38.7 Å². The Morgan fingerprint density at radius 3 is 3.08 bits per heavy atom. The summed E-state index contributed by atoms with van der Waals surface area (Å²) in [4.78, 5) is 24.1. The Balaban J connectivity index is 1.71. The molecule has 3 aromatic heterocycles. The van der Waals surface area contributed by atoms with Crippen LogP contribution in [0.2, 0.25) is 0 Å². The van der Waals surface area contributed by atoms with Gasteiger partial charge in [0.1, 0.15) is 11.3 Å². The normalized spacial score (nSPS) is 18.0. The molecule has 7 heteroatoms. The van der Waals surface area contributed by atoms with E-state index in [4.69, 9.17) is 4.52 Å². The number of nitrogens with zero attached hydrogens (tertiary/aromatic N) is 5. The molecule has 0 N–H and O–H groups in total. The molecule has 0 bridgehead atoms. The van der Waals surface area contributed by atoms with Crippen LogP contribution in [0, 0.1) is 6.92 Å². The predicted octanol–water partition coefficient (Wildman–Crippen LogP) is 2.96. The fraction of sp³-hybridized carbons (Fsp3) is 0.444. The van der Waals surface area contributed by atoms with Crippen LogP contribution in [0.1, 0.15) is 59.7 Å². The van der Waals surface area contributed by atoms with E-state index in [0.717, 1.165) is 37.2 Å². The number of imidazole rings is 1. The molecular formula is C18H21N5O2. The van der Waals surface area contributed by atoms with Crippen molar-refractivity contribution in [2.24, 2.45) is 0 Å². The van der Waals surface area contributed by atoms with Gasteiger partial charge in [-0.25, -0.2) is 9.97 Å². The zero-order chi connectivity index (χ0) is 17.4. The number of rotatable bonds is 3. The molecule has 1 amide bonds. The molecule has 1 atom stereocenters. The van der Waals surface area contributed by atoms with Gasteiger partial charge >= 0.3 is 0 Å². The van der Waals surface area contributed by atoms with E-state index in [1.54, 1.807) is 13.1 Å². The molecular weight excluding hydrogens is 318 g/mol. The molecule has 1 aliphatic rings. The quantitative estimate of drug-likeness (QED) is 0.733. The summed E-state index contributed by atoms with van der Waals surface area (Å²) in [6.07, 6.45) is 9.20. The number of aryl methyl sites for hydroxylation is 2. The number of likely N-dealkylation sites (tertiary alicyclic amines) is 1.